The normalized spacial score (nSPS) is 12.6. The van der Waals surface area contributed by atoms with Gasteiger partial charge in [-0.25, -0.2) is 0 Å². The van der Waals surface area contributed by atoms with E-state index in [4.69, 9.17) is 0 Å². The largest absolute Gasteiger partial charge is 0.348 e. The van der Waals surface area contributed by atoms with Gasteiger partial charge in [-0.3, -0.25) is 9.48 Å². The molecule has 0 fully saturated rings. The van der Waals surface area contributed by atoms with Crippen LogP contribution in [0, 0.1) is 3.57 Å². The Morgan fingerprint density at radius 3 is 2.86 bits per heavy atom. The second-order valence-electron chi connectivity index (χ2n) is 3.25. The van der Waals surface area contributed by atoms with E-state index < -0.39 is 0 Å². The molecule has 14 heavy (non-hydrogen) atoms. The van der Waals surface area contributed by atoms with Crippen molar-refractivity contribution in [3.63, 3.8) is 0 Å². The number of aromatic nitrogens is 2. The summed E-state index contributed by atoms with van der Waals surface area (Å²) in [5, 5.41) is 6.93. The highest BCUT2D eigenvalue weighted by Crippen LogP contribution is 2.10. The van der Waals surface area contributed by atoms with Crippen molar-refractivity contribution < 1.29 is 4.79 Å². The van der Waals surface area contributed by atoms with E-state index in [2.05, 4.69) is 33.0 Å². The minimum absolute atomic E-state index is 0.0521. The number of rotatable bonds is 3. The van der Waals surface area contributed by atoms with Gasteiger partial charge >= 0.3 is 0 Å². The third-order valence-corrected chi connectivity index (χ3v) is 2.89. The lowest BCUT2D eigenvalue weighted by molar-refractivity contribution is 0.0929. The third-order valence-electron chi connectivity index (χ3n) is 2.10. The van der Waals surface area contributed by atoms with Crippen LogP contribution in [0.5, 0.6) is 0 Å². The topological polar surface area (TPSA) is 46.9 Å². The number of amides is 1. The number of hydrogen-bond acceptors (Lipinski definition) is 2. The fourth-order valence-electron chi connectivity index (χ4n) is 1.06. The van der Waals surface area contributed by atoms with Gasteiger partial charge in [-0.2, -0.15) is 5.10 Å². The van der Waals surface area contributed by atoms with Crippen molar-refractivity contribution in [2.75, 3.05) is 0 Å². The van der Waals surface area contributed by atoms with Gasteiger partial charge in [0.15, 0.2) is 0 Å². The highest BCUT2D eigenvalue weighted by molar-refractivity contribution is 14.1. The molecule has 0 spiro atoms. The van der Waals surface area contributed by atoms with Crippen molar-refractivity contribution in [1.82, 2.24) is 15.1 Å². The molecule has 1 aromatic rings. The first-order valence-electron chi connectivity index (χ1n) is 4.54. The van der Waals surface area contributed by atoms with E-state index in [1.165, 1.54) is 0 Å². The van der Waals surface area contributed by atoms with E-state index in [9.17, 15) is 4.79 Å². The van der Waals surface area contributed by atoms with E-state index in [0.717, 1.165) is 9.99 Å². The van der Waals surface area contributed by atoms with E-state index in [-0.39, 0.29) is 11.9 Å². The fourth-order valence-corrected chi connectivity index (χ4v) is 1.78. The van der Waals surface area contributed by atoms with Gasteiger partial charge in [0, 0.05) is 13.1 Å². The summed E-state index contributed by atoms with van der Waals surface area (Å²) < 4.78 is 2.48. The number of nitrogens with zero attached hydrogens (tertiary/aromatic N) is 2. The number of hydrogen-bond donors (Lipinski definition) is 1. The van der Waals surface area contributed by atoms with Crippen LogP contribution in [-0.2, 0) is 7.05 Å². The van der Waals surface area contributed by atoms with Crippen molar-refractivity contribution in [1.29, 1.82) is 0 Å². The van der Waals surface area contributed by atoms with Crippen LogP contribution in [0.2, 0.25) is 0 Å². The molecule has 0 aliphatic carbocycles. The maximum absolute atomic E-state index is 11.7. The molecule has 5 heteroatoms. The fraction of sp³-hybridized carbons (Fsp3) is 0.556. The molecular formula is C9H14IN3O. The SMILES string of the molecule is CCC(C)NC(=O)c1c(I)cnn1C. The quantitative estimate of drug-likeness (QED) is 0.861. The summed E-state index contributed by atoms with van der Waals surface area (Å²) in [5.74, 6) is -0.0521. The van der Waals surface area contributed by atoms with Crippen molar-refractivity contribution in [2.45, 2.75) is 26.3 Å². The molecule has 1 unspecified atom stereocenters. The van der Waals surface area contributed by atoms with Gasteiger partial charge in [0.05, 0.1) is 9.77 Å². The van der Waals surface area contributed by atoms with Gasteiger partial charge in [-0.15, -0.1) is 0 Å². The lowest BCUT2D eigenvalue weighted by atomic mass is 10.2. The van der Waals surface area contributed by atoms with Crippen LogP contribution in [0.15, 0.2) is 6.20 Å². The second kappa shape index (κ2) is 4.77. The Morgan fingerprint density at radius 1 is 1.79 bits per heavy atom. The van der Waals surface area contributed by atoms with Crippen LogP contribution in [0.25, 0.3) is 0 Å². The molecule has 0 aliphatic rings. The summed E-state index contributed by atoms with van der Waals surface area (Å²) in [4.78, 5) is 11.7. The molecule has 1 rings (SSSR count). The molecule has 1 N–H and O–H groups in total. The molecule has 0 saturated carbocycles. The van der Waals surface area contributed by atoms with Crippen molar-refractivity contribution in [3.8, 4) is 0 Å². The van der Waals surface area contributed by atoms with Gasteiger partial charge in [0.1, 0.15) is 5.69 Å². The number of halogens is 1. The van der Waals surface area contributed by atoms with Gasteiger partial charge in [-0.05, 0) is 35.9 Å². The van der Waals surface area contributed by atoms with Crippen LogP contribution in [0.3, 0.4) is 0 Å². The Kier molecular flexibility index (Phi) is 3.91. The monoisotopic (exact) mass is 307 g/mol. The first kappa shape index (κ1) is 11.5. The minimum atomic E-state index is -0.0521. The second-order valence-corrected chi connectivity index (χ2v) is 4.41. The number of carbonyl (C=O) groups excluding carboxylic acids is 1. The summed E-state index contributed by atoms with van der Waals surface area (Å²) in [7, 11) is 1.77. The first-order chi connectivity index (χ1) is 6.56. The maximum atomic E-state index is 11.7. The van der Waals surface area contributed by atoms with Crippen LogP contribution in [-0.4, -0.2) is 21.7 Å². The van der Waals surface area contributed by atoms with Crippen LogP contribution in [0.4, 0.5) is 0 Å². The summed E-state index contributed by atoms with van der Waals surface area (Å²) >= 11 is 2.11. The summed E-state index contributed by atoms with van der Waals surface area (Å²) in [6, 6.07) is 0.202. The predicted molar refractivity (Wildman–Crippen MR) is 63.1 cm³/mol. The standard InChI is InChI=1S/C9H14IN3O/c1-4-6(2)12-9(14)8-7(10)5-11-13(8)3/h5-6H,4H2,1-3H3,(H,12,14). The summed E-state index contributed by atoms with van der Waals surface area (Å²) in [5.41, 5.74) is 0.630. The van der Waals surface area contributed by atoms with E-state index >= 15 is 0 Å². The molecular weight excluding hydrogens is 293 g/mol. The smallest absolute Gasteiger partial charge is 0.270 e. The zero-order valence-electron chi connectivity index (χ0n) is 8.54. The van der Waals surface area contributed by atoms with Crippen LogP contribution >= 0.6 is 22.6 Å². The maximum Gasteiger partial charge on any atom is 0.270 e. The lowest BCUT2D eigenvalue weighted by Gasteiger charge is -2.11. The Balaban J connectivity index is 2.79. The number of aryl methyl sites for hydroxylation is 1. The molecule has 0 aliphatic heterocycles. The molecule has 1 atom stereocenters. The van der Waals surface area contributed by atoms with Gasteiger partial charge in [0.2, 0.25) is 0 Å². The molecule has 1 amide bonds. The molecule has 1 heterocycles. The highest BCUT2D eigenvalue weighted by Gasteiger charge is 2.15. The first-order valence-corrected chi connectivity index (χ1v) is 5.62. The number of nitrogens with one attached hydrogen (secondary N) is 1. The van der Waals surface area contributed by atoms with Crippen LogP contribution < -0.4 is 5.32 Å². The lowest BCUT2D eigenvalue weighted by Crippen LogP contribution is -2.33. The molecule has 1 aromatic heterocycles. The van der Waals surface area contributed by atoms with Crippen molar-refractivity contribution in [2.24, 2.45) is 7.05 Å². The zero-order chi connectivity index (χ0) is 10.7. The van der Waals surface area contributed by atoms with E-state index in [1.807, 2.05) is 13.8 Å². The average molecular weight is 307 g/mol. The van der Waals surface area contributed by atoms with E-state index in [1.54, 1.807) is 17.9 Å². The highest BCUT2D eigenvalue weighted by atomic mass is 127. The van der Waals surface area contributed by atoms with Crippen molar-refractivity contribution >= 4 is 28.5 Å². The zero-order valence-corrected chi connectivity index (χ0v) is 10.7. The minimum Gasteiger partial charge on any atom is -0.348 e. The van der Waals surface area contributed by atoms with Crippen LogP contribution in [0.1, 0.15) is 30.8 Å². The summed E-state index contributed by atoms with van der Waals surface area (Å²) in [6.07, 6.45) is 2.62. The molecule has 4 nitrogen and oxygen atoms in total. The molecule has 0 radical (unpaired) electrons. The Hall–Kier alpha value is -0.590. The summed E-state index contributed by atoms with van der Waals surface area (Å²) in [6.45, 7) is 4.03. The van der Waals surface area contributed by atoms with Gasteiger partial charge in [0.25, 0.3) is 5.91 Å². The Bertz CT molecular complexity index is 315. The molecule has 78 valence electrons. The predicted octanol–water partition coefficient (Wildman–Crippen LogP) is 1.55. The third kappa shape index (κ3) is 2.46. The van der Waals surface area contributed by atoms with E-state index in [0.29, 0.717) is 5.69 Å². The molecule has 0 saturated heterocycles. The average Bonchev–Trinajstić information content (AvgIpc) is 2.46. The van der Waals surface area contributed by atoms with Gasteiger partial charge < -0.3 is 5.32 Å². The molecule has 0 bridgehead atoms. The Labute approximate surface area is 97.2 Å². The number of carbonyl (C=O) groups is 1. The van der Waals surface area contributed by atoms with Gasteiger partial charge in [-0.1, -0.05) is 6.92 Å². The molecule has 0 aromatic carbocycles. The Morgan fingerprint density at radius 2 is 2.43 bits per heavy atom. The van der Waals surface area contributed by atoms with Crippen molar-refractivity contribution in [3.05, 3.63) is 15.5 Å².